The Hall–Kier alpha value is -1.10. The molecule has 1 fully saturated rings. The van der Waals surface area contributed by atoms with E-state index in [9.17, 15) is 4.79 Å². The second kappa shape index (κ2) is 4.82. The first-order valence-electron chi connectivity index (χ1n) is 5.57. The fraction of sp³-hybridized carbons (Fsp3) is 0.636. The molecule has 0 aliphatic carbocycles. The number of nitrogens with zero attached hydrogens (tertiary/aromatic N) is 3. The maximum atomic E-state index is 12.0. The number of hydrogen-bond acceptors (Lipinski definition) is 3. The first-order valence-corrected chi connectivity index (χ1v) is 6.45. The van der Waals surface area contributed by atoms with Gasteiger partial charge in [0.1, 0.15) is 0 Å². The molecule has 0 N–H and O–H groups in total. The van der Waals surface area contributed by atoms with E-state index in [1.165, 1.54) is 4.88 Å². The summed E-state index contributed by atoms with van der Waals surface area (Å²) >= 11 is 1.61. The molecule has 1 saturated heterocycles. The predicted molar refractivity (Wildman–Crippen MR) is 64.5 cm³/mol. The van der Waals surface area contributed by atoms with Gasteiger partial charge in [0.25, 0.3) is 0 Å². The van der Waals surface area contributed by atoms with Crippen LogP contribution in [0.1, 0.15) is 23.4 Å². The third-order valence-electron chi connectivity index (χ3n) is 2.93. The molecule has 0 spiro atoms. The van der Waals surface area contributed by atoms with Gasteiger partial charge in [-0.2, -0.15) is 0 Å². The number of carbonyl (C=O) groups excluding carboxylic acids is 1. The van der Waals surface area contributed by atoms with E-state index < -0.39 is 0 Å². The first kappa shape index (κ1) is 11.4. The normalized spacial score (nSPS) is 15.5. The average Bonchev–Trinajstić information content (AvgIpc) is 2.89. The topological polar surface area (TPSA) is 36.4 Å². The molecule has 2 heterocycles. The zero-order valence-corrected chi connectivity index (χ0v) is 10.6. The molecule has 88 valence electrons. The van der Waals surface area contributed by atoms with E-state index in [4.69, 9.17) is 0 Å². The van der Waals surface area contributed by atoms with Gasteiger partial charge >= 0.3 is 6.03 Å². The maximum absolute atomic E-state index is 12.0. The van der Waals surface area contributed by atoms with Gasteiger partial charge in [-0.15, -0.1) is 11.3 Å². The van der Waals surface area contributed by atoms with E-state index in [0.29, 0.717) is 6.54 Å². The summed E-state index contributed by atoms with van der Waals surface area (Å²) in [6, 6.07) is 0.144. The largest absolute Gasteiger partial charge is 0.325 e. The molecule has 2 rings (SSSR count). The third-order valence-corrected chi connectivity index (χ3v) is 3.85. The summed E-state index contributed by atoms with van der Waals surface area (Å²) in [6.07, 6.45) is 2.28. The number of thiazole rings is 1. The Kier molecular flexibility index (Phi) is 3.43. The van der Waals surface area contributed by atoms with Crippen molar-refractivity contribution in [2.45, 2.75) is 26.3 Å². The van der Waals surface area contributed by atoms with Crippen LogP contribution >= 0.6 is 11.3 Å². The molecule has 5 heteroatoms. The molecule has 0 atom stereocenters. The summed E-state index contributed by atoms with van der Waals surface area (Å²) < 4.78 is 0. The van der Waals surface area contributed by atoms with Crippen molar-refractivity contribution in [1.82, 2.24) is 14.8 Å². The minimum absolute atomic E-state index is 0.144. The lowest BCUT2D eigenvalue weighted by molar-refractivity contribution is 0.171. The van der Waals surface area contributed by atoms with Crippen molar-refractivity contribution in [3.8, 4) is 0 Å². The lowest BCUT2D eigenvalue weighted by Gasteiger charge is -2.23. The number of amides is 2. The van der Waals surface area contributed by atoms with Gasteiger partial charge < -0.3 is 9.80 Å². The minimum atomic E-state index is 0.144. The third kappa shape index (κ3) is 2.35. The molecule has 2 amide bonds. The summed E-state index contributed by atoms with van der Waals surface area (Å²) in [4.78, 5) is 21.1. The zero-order chi connectivity index (χ0) is 11.5. The van der Waals surface area contributed by atoms with Gasteiger partial charge in [0, 0.05) is 25.0 Å². The van der Waals surface area contributed by atoms with E-state index in [1.54, 1.807) is 16.2 Å². The molecule has 0 unspecified atom stereocenters. The van der Waals surface area contributed by atoms with Crippen molar-refractivity contribution >= 4 is 17.4 Å². The van der Waals surface area contributed by atoms with Gasteiger partial charge in [-0.05, 0) is 19.8 Å². The first-order chi connectivity index (χ1) is 7.68. The van der Waals surface area contributed by atoms with E-state index in [0.717, 1.165) is 31.6 Å². The van der Waals surface area contributed by atoms with E-state index in [1.807, 2.05) is 24.4 Å². The number of rotatable bonds is 2. The Morgan fingerprint density at radius 2 is 2.25 bits per heavy atom. The van der Waals surface area contributed by atoms with Crippen LogP contribution in [-0.4, -0.2) is 41.0 Å². The van der Waals surface area contributed by atoms with Crippen molar-refractivity contribution in [3.63, 3.8) is 0 Å². The van der Waals surface area contributed by atoms with E-state index in [2.05, 4.69) is 4.98 Å². The highest BCUT2D eigenvalue weighted by molar-refractivity contribution is 7.09. The molecule has 0 bridgehead atoms. The van der Waals surface area contributed by atoms with Crippen LogP contribution in [0.3, 0.4) is 0 Å². The van der Waals surface area contributed by atoms with Gasteiger partial charge in [-0.25, -0.2) is 9.78 Å². The van der Waals surface area contributed by atoms with Crippen LogP contribution in [0.25, 0.3) is 0 Å². The van der Waals surface area contributed by atoms with E-state index >= 15 is 0 Å². The highest BCUT2D eigenvalue weighted by Crippen LogP contribution is 2.16. The SMILES string of the molecule is Cc1ncsc1CN(C)C(=O)N1CCCC1. The van der Waals surface area contributed by atoms with Crippen molar-refractivity contribution in [2.75, 3.05) is 20.1 Å². The molecule has 16 heavy (non-hydrogen) atoms. The highest BCUT2D eigenvalue weighted by Gasteiger charge is 2.21. The number of hydrogen-bond donors (Lipinski definition) is 0. The molecule has 0 aromatic carbocycles. The Morgan fingerprint density at radius 3 is 2.81 bits per heavy atom. The summed E-state index contributed by atoms with van der Waals surface area (Å²) in [6.45, 7) is 4.47. The van der Waals surface area contributed by atoms with Crippen LogP contribution in [0.5, 0.6) is 0 Å². The summed E-state index contributed by atoms with van der Waals surface area (Å²) in [5.74, 6) is 0. The smallest absolute Gasteiger partial charge is 0.320 e. The number of likely N-dealkylation sites (tertiary alicyclic amines) is 1. The minimum Gasteiger partial charge on any atom is -0.325 e. The van der Waals surface area contributed by atoms with Crippen molar-refractivity contribution in [3.05, 3.63) is 16.1 Å². The van der Waals surface area contributed by atoms with Crippen LogP contribution in [-0.2, 0) is 6.54 Å². The van der Waals surface area contributed by atoms with Crippen molar-refractivity contribution in [2.24, 2.45) is 0 Å². The Morgan fingerprint density at radius 1 is 1.56 bits per heavy atom. The molecular weight excluding hydrogens is 222 g/mol. The summed E-state index contributed by atoms with van der Waals surface area (Å²) in [5.41, 5.74) is 2.87. The van der Waals surface area contributed by atoms with Crippen molar-refractivity contribution < 1.29 is 4.79 Å². The number of aryl methyl sites for hydroxylation is 1. The molecule has 0 saturated carbocycles. The summed E-state index contributed by atoms with van der Waals surface area (Å²) in [7, 11) is 1.86. The molecular formula is C11H17N3OS. The Bertz CT molecular complexity index is 371. The van der Waals surface area contributed by atoms with Gasteiger partial charge in [-0.3, -0.25) is 0 Å². The lowest BCUT2D eigenvalue weighted by atomic mass is 10.4. The molecule has 4 nitrogen and oxygen atoms in total. The Balaban J connectivity index is 1.94. The van der Waals surface area contributed by atoms with E-state index in [-0.39, 0.29) is 6.03 Å². The maximum Gasteiger partial charge on any atom is 0.320 e. The van der Waals surface area contributed by atoms with Gasteiger partial charge in [0.2, 0.25) is 0 Å². The quantitative estimate of drug-likeness (QED) is 0.792. The monoisotopic (exact) mass is 239 g/mol. The van der Waals surface area contributed by atoms with Crippen LogP contribution in [0.4, 0.5) is 4.79 Å². The predicted octanol–water partition coefficient (Wildman–Crippen LogP) is 2.10. The number of carbonyl (C=O) groups is 1. The van der Waals surface area contributed by atoms with Gasteiger partial charge in [-0.1, -0.05) is 0 Å². The van der Waals surface area contributed by atoms with Gasteiger partial charge in [0.15, 0.2) is 0 Å². The van der Waals surface area contributed by atoms with Crippen LogP contribution in [0.15, 0.2) is 5.51 Å². The molecule has 1 aliphatic rings. The molecule has 1 aromatic rings. The summed E-state index contributed by atoms with van der Waals surface area (Å²) in [5, 5.41) is 0. The van der Waals surface area contributed by atoms with Crippen LogP contribution < -0.4 is 0 Å². The molecule has 1 aromatic heterocycles. The molecule has 0 radical (unpaired) electrons. The average molecular weight is 239 g/mol. The van der Waals surface area contributed by atoms with Crippen molar-refractivity contribution in [1.29, 1.82) is 0 Å². The fourth-order valence-electron chi connectivity index (χ4n) is 1.91. The number of aromatic nitrogens is 1. The van der Waals surface area contributed by atoms with Crippen LogP contribution in [0.2, 0.25) is 0 Å². The Labute approximate surface area is 99.9 Å². The second-order valence-electron chi connectivity index (χ2n) is 4.19. The molecule has 1 aliphatic heterocycles. The number of urea groups is 1. The zero-order valence-electron chi connectivity index (χ0n) is 9.77. The highest BCUT2D eigenvalue weighted by atomic mass is 32.1. The second-order valence-corrected chi connectivity index (χ2v) is 5.13. The van der Waals surface area contributed by atoms with Gasteiger partial charge in [0.05, 0.1) is 17.7 Å². The lowest BCUT2D eigenvalue weighted by Crippen LogP contribution is -2.38. The van der Waals surface area contributed by atoms with Crippen LogP contribution in [0, 0.1) is 6.92 Å². The standard InChI is InChI=1S/C11H17N3OS/c1-9-10(16-8-12-9)7-13(2)11(15)14-5-3-4-6-14/h8H,3-7H2,1-2H3. The fourth-order valence-corrected chi connectivity index (χ4v) is 2.74.